The molecule has 9 nitrogen and oxygen atoms in total. The van der Waals surface area contributed by atoms with E-state index in [1.165, 1.54) is 0 Å². The molecule has 1 aliphatic rings. The van der Waals surface area contributed by atoms with E-state index >= 15 is 0 Å². The summed E-state index contributed by atoms with van der Waals surface area (Å²) in [5.41, 5.74) is 5.74. The predicted molar refractivity (Wildman–Crippen MR) is 119 cm³/mol. The average molecular weight is 485 g/mol. The molecule has 0 spiro atoms. The number of carbonyl (C=O) groups excluding carboxylic acids is 4. The number of rotatable bonds is 10. The lowest BCUT2D eigenvalue weighted by atomic mass is 9.85. The summed E-state index contributed by atoms with van der Waals surface area (Å²) in [5.74, 6) is -2.66. The van der Waals surface area contributed by atoms with Gasteiger partial charge in [-0.15, -0.1) is 0 Å². The Morgan fingerprint density at radius 1 is 1.15 bits per heavy atom. The Morgan fingerprint density at radius 3 is 2.42 bits per heavy atom. The van der Waals surface area contributed by atoms with Gasteiger partial charge < -0.3 is 15.8 Å². The normalized spacial score (nSPS) is 15.7. The molecule has 11 heteroatoms. The number of nitrogens with one attached hydrogen (secondary N) is 2. The first-order valence-electron chi connectivity index (χ1n) is 10.9. The fourth-order valence-corrected chi connectivity index (χ4v) is 3.76. The number of nitrogens with zero attached hydrogens (tertiary/aromatic N) is 1. The fourth-order valence-electron chi connectivity index (χ4n) is 3.64. The van der Waals surface area contributed by atoms with Gasteiger partial charge in [-0.05, 0) is 17.9 Å². The van der Waals surface area contributed by atoms with Gasteiger partial charge in [-0.3, -0.25) is 19.8 Å². The van der Waals surface area contributed by atoms with Crippen LogP contribution in [0.4, 0.5) is 9.18 Å². The van der Waals surface area contributed by atoms with Crippen molar-refractivity contribution in [2.75, 3.05) is 6.54 Å². The highest BCUT2D eigenvalue weighted by atomic mass is 35.5. The first-order valence-corrected chi connectivity index (χ1v) is 11.4. The second-order valence-electron chi connectivity index (χ2n) is 7.96. The smallest absolute Gasteiger partial charge is 0.408 e. The number of primary amides is 1. The summed E-state index contributed by atoms with van der Waals surface area (Å²) in [6.07, 6.45) is 2.82. The molecular formula is C22H30ClFN4O5. The number of hydrazine groups is 1. The van der Waals surface area contributed by atoms with Crippen LogP contribution in [0.2, 0.25) is 0 Å². The first kappa shape index (κ1) is 26.4. The van der Waals surface area contributed by atoms with Crippen LogP contribution in [-0.2, 0) is 25.7 Å². The van der Waals surface area contributed by atoms with Crippen molar-refractivity contribution >= 4 is 35.4 Å². The minimum absolute atomic E-state index is 0.160. The SMILES string of the molecule is NC(=O)CCN(NC(=O)[C@H](CC1CCCCC1)OC(=O)NCc1ccccc1)C(=O)[C@@H](F)Cl. The van der Waals surface area contributed by atoms with Gasteiger partial charge in [-0.25, -0.2) is 14.2 Å². The maximum absolute atomic E-state index is 13.4. The highest BCUT2D eigenvalue weighted by Crippen LogP contribution is 2.28. The molecule has 0 radical (unpaired) electrons. The predicted octanol–water partition coefficient (Wildman–Crippen LogP) is 2.52. The van der Waals surface area contributed by atoms with Crippen molar-refractivity contribution in [1.82, 2.24) is 15.8 Å². The number of ether oxygens (including phenoxy) is 1. The molecule has 182 valence electrons. The minimum atomic E-state index is -2.43. The van der Waals surface area contributed by atoms with E-state index in [1.54, 1.807) is 0 Å². The second kappa shape index (κ2) is 13.6. The second-order valence-corrected chi connectivity index (χ2v) is 8.34. The maximum atomic E-state index is 13.4. The Kier molecular flexibility index (Phi) is 10.9. The van der Waals surface area contributed by atoms with Crippen LogP contribution in [0, 0.1) is 5.92 Å². The van der Waals surface area contributed by atoms with Crippen LogP contribution in [0.1, 0.15) is 50.5 Å². The van der Waals surface area contributed by atoms with Crippen molar-refractivity contribution in [3.8, 4) is 0 Å². The molecule has 1 aromatic carbocycles. The summed E-state index contributed by atoms with van der Waals surface area (Å²) in [6, 6.07) is 9.16. The van der Waals surface area contributed by atoms with Crippen LogP contribution in [0.5, 0.6) is 0 Å². The van der Waals surface area contributed by atoms with Crippen molar-refractivity contribution in [1.29, 1.82) is 0 Å². The van der Waals surface area contributed by atoms with Gasteiger partial charge >= 0.3 is 6.09 Å². The maximum Gasteiger partial charge on any atom is 0.408 e. The Hall–Kier alpha value is -2.88. The number of alkyl halides is 2. The van der Waals surface area contributed by atoms with Gasteiger partial charge in [-0.1, -0.05) is 74.0 Å². The quantitative estimate of drug-likeness (QED) is 0.347. The standard InChI is InChI=1S/C22H30ClFN4O5/c23-19(24)21(31)28(12-11-18(25)29)27-20(30)17(13-15-7-3-1-4-8-15)33-22(32)26-14-16-9-5-2-6-10-16/h2,5-6,9-10,15,17,19H,1,3-4,7-8,11-14H2,(H2,25,29)(H,26,32)(H,27,30)/t17-,19+/m0/s1. The summed E-state index contributed by atoms with van der Waals surface area (Å²) < 4.78 is 18.8. The summed E-state index contributed by atoms with van der Waals surface area (Å²) in [4.78, 5) is 48.4. The number of nitrogens with two attached hydrogens (primary N) is 1. The van der Waals surface area contributed by atoms with Crippen LogP contribution in [0.15, 0.2) is 30.3 Å². The summed E-state index contributed by atoms with van der Waals surface area (Å²) >= 11 is 5.22. The molecule has 0 bridgehead atoms. The molecule has 4 amide bonds. The van der Waals surface area contributed by atoms with Gasteiger partial charge in [0.15, 0.2) is 6.10 Å². The highest BCUT2D eigenvalue weighted by molar-refractivity contribution is 6.29. The number of hydrogen-bond acceptors (Lipinski definition) is 5. The van der Waals surface area contributed by atoms with Gasteiger partial charge in [0.2, 0.25) is 5.91 Å². The average Bonchev–Trinajstić information content (AvgIpc) is 2.80. The Balaban J connectivity index is 2.05. The molecule has 0 aliphatic heterocycles. The third-order valence-corrected chi connectivity index (χ3v) is 5.56. The highest BCUT2D eigenvalue weighted by Gasteiger charge is 2.31. The van der Waals surface area contributed by atoms with E-state index in [-0.39, 0.29) is 31.8 Å². The topological polar surface area (TPSA) is 131 Å². The molecule has 33 heavy (non-hydrogen) atoms. The van der Waals surface area contributed by atoms with E-state index in [2.05, 4.69) is 10.7 Å². The van der Waals surface area contributed by atoms with Gasteiger partial charge in [0, 0.05) is 13.0 Å². The Morgan fingerprint density at radius 2 is 1.82 bits per heavy atom. The van der Waals surface area contributed by atoms with Crippen molar-refractivity contribution in [3.63, 3.8) is 0 Å². The molecule has 1 saturated carbocycles. The van der Waals surface area contributed by atoms with Crippen molar-refractivity contribution < 1.29 is 28.3 Å². The lowest BCUT2D eigenvalue weighted by Crippen LogP contribution is -2.53. The number of alkyl carbamates (subject to hydrolysis) is 1. The van der Waals surface area contributed by atoms with Gasteiger partial charge in [0.25, 0.3) is 17.4 Å². The summed E-state index contributed by atoms with van der Waals surface area (Å²) in [7, 11) is 0. The molecule has 2 rings (SSSR count). The van der Waals surface area contributed by atoms with Crippen LogP contribution in [0.3, 0.4) is 0 Å². The number of amides is 4. The minimum Gasteiger partial charge on any atom is -0.436 e. The molecule has 0 heterocycles. The van der Waals surface area contributed by atoms with Crippen molar-refractivity contribution in [3.05, 3.63) is 35.9 Å². The van der Waals surface area contributed by atoms with E-state index < -0.39 is 35.5 Å². The molecule has 0 unspecified atom stereocenters. The zero-order valence-electron chi connectivity index (χ0n) is 18.3. The largest absolute Gasteiger partial charge is 0.436 e. The molecule has 2 atom stereocenters. The van der Waals surface area contributed by atoms with E-state index in [0.29, 0.717) is 5.01 Å². The van der Waals surface area contributed by atoms with Crippen LogP contribution in [-0.4, -0.2) is 47.1 Å². The molecule has 1 fully saturated rings. The van der Waals surface area contributed by atoms with Gasteiger partial charge in [-0.2, -0.15) is 0 Å². The zero-order chi connectivity index (χ0) is 24.2. The van der Waals surface area contributed by atoms with Gasteiger partial charge in [0.05, 0.1) is 6.54 Å². The molecule has 1 aliphatic carbocycles. The van der Waals surface area contributed by atoms with Crippen LogP contribution < -0.4 is 16.5 Å². The third-order valence-electron chi connectivity index (χ3n) is 5.37. The lowest BCUT2D eigenvalue weighted by molar-refractivity contribution is -0.147. The summed E-state index contributed by atoms with van der Waals surface area (Å²) in [6.45, 7) is -0.167. The first-order chi connectivity index (χ1) is 15.8. The molecule has 1 aromatic rings. The number of benzene rings is 1. The van der Waals surface area contributed by atoms with E-state index in [0.717, 1.165) is 37.7 Å². The Labute approximate surface area is 197 Å². The Bertz CT molecular complexity index is 805. The molecule has 0 saturated heterocycles. The summed E-state index contributed by atoms with van der Waals surface area (Å²) in [5, 5.41) is 3.18. The van der Waals surface area contributed by atoms with Crippen molar-refractivity contribution in [2.45, 2.75) is 63.2 Å². The number of hydrogen-bond donors (Lipinski definition) is 3. The molecular weight excluding hydrogens is 455 g/mol. The van der Waals surface area contributed by atoms with E-state index in [4.69, 9.17) is 22.1 Å². The molecule has 0 aromatic heterocycles. The van der Waals surface area contributed by atoms with Crippen LogP contribution >= 0.6 is 11.6 Å². The molecule has 4 N–H and O–H groups in total. The van der Waals surface area contributed by atoms with E-state index in [9.17, 15) is 23.6 Å². The van der Waals surface area contributed by atoms with Gasteiger partial charge in [0.1, 0.15) is 0 Å². The third kappa shape index (κ3) is 9.65. The number of halogens is 2. The van der Waals surface area contributed by atoms with Crippen molar-refractivity contribution in [2.24, 2.45) is 11.7 Å². The van der Waals surface area contributed by atoms with Crippen LogP contribution in [0.25, 0.3) is 0 Å². The number of carbonyl (C=O) groups is 4. The monoisotopic (exact) mass is 484 g/mol. The lowest BCUT2D eigenvalue weighted by Gasteiger charge is -2.29. The fraction of sp³-hybridized carbons (Fsp3) is 0.545. The van der Waals surface area contributed by atoms with E-state index in [1.807, 2.05) is 30.3 Å². The zero-order valence-corrected chi connectivity index (χ0v) is 19.1.